The summed E-state index contributed by atoms with van der Waals surface area (Å²) >= 11 is 0. The molecule has 0 radical (unpaired) electrons. The zero-order chi connectivity index (χ0) is 22.0. The lowest BCUT2D eigenvalue weighted by atomic mass is 10.1. The second kappa shape index (κ2) is 11.4. The van der Waals surface area contributed by atoms with Gasteiger partial charge in [-0.25, -0.2) is 8.42 Å². The Morgan fingerprint density at radius 2 is 1.80 bits per heavy atom. The summed E-state index contributed by atoms with van der Waals surface area (Å²) in [6.07, 6.45) is 3.44. The van der Waals surface area contributed by atoms with Crippen LogP contribution >= 0.6 is 0 Å². The van der Waals surface area contributed by atoms with E-state index < -0.39 is 10.0 Å². The number of ether oxygens (including phenoxy) is 2. The molecule has 0 heterocycles. The van der Waals surface area contributed by atoms with E-state index in [1.54, 1.807) is 31.4 Å². The van der Waals surface area contributed by atoms with Gasteiger partial charge in [-0.1, -0.05) is 25.1 Å². The topological polar surface area (TPSA) is 84.9 Å². The molecule has 1 N–H and O–H groups in total. The van der Waals surface area contributed by atoms with Crippen LogP contribution in [0.25, 0.3) is 0 Å². The smallest absolute Gasteiger partial charge is 0.240 e. The van der Waals surface area contributed by atoms with E-state index in [1.807, 2.05) is 31.2 Å². The molecular formula is C22H30N2O5S. The van der Waals surface area contributed by atoms with E-state index in [2.05, 4.69) is 5.32 Å². The maximum absolute atomic E-state index is 12.3. The van der Waals surface area contributed by atoms with Gasteiger partial charge in [-0.3, -0.25) is 9.10 Å². The summed E-state index contributed by atoms with van der Waals surface area (Å²) in [4.78, 5) is 12.3. The van der Waals surface area contributed by atoms with E-state index >= 15 is 0 Å². The van der Waals surface area contributed by atoms with E-state index in [1.165, 1.54) is 0 Å². The minimum Gasteiger partial charge on any atom is -0.496 e. The summed E-state index contributed by atoms with van der Waals surface area (Å²) in [5, 5.41) is 2.79. The second-order valence-corrected chi connectivity index (χ2v) is 8.78. The lowest BCUT2D eigenvalue weighted by Gasteiger charge is -2.22. The predicted molar refractivity (Wildman–Crippen MR) is 119 cm³/mol. The van der Waals surface area contributed by atoms with Crippen molar-refractivity contribution < 1.29 is 22.7 Å². The highest BCUT2D eigenvalue weighted by Gasteiger charge is 2.20. The largest absolute Gasteiger partial charge is 0.496 e. The number of benzene rings is 2. The van der Waals surface area contributed by atoms with Crippen LogP contribution in [0.3, 0.4) is 0 Å². The number of anilines is 1. The number of carbonyl (C=O) groups excluding carboxylic acids is 1. The molecule has 0 aliphatic heterocycles. The fourth-order valence-electron chi connectivity index (χ4n) is 2.93. The highest BCUT2D eigenvalue weighted by Crippen LogP contribution is 2.22. The Kier molecular flexibility index (Phi) is 8.98. The molecule has 164 valence electrons. The third-order valence-electron chi connectivity index (χ3n) is 4.42. The number of nitrogens with one attached hydrogen (secondary N) is 1. The van der Waals surface area contributed by atoms with Crippen molar-refractivity contribution in [2.45, 2.75) is 26.2 Å². The van der Waals surface area contributed by atoms with Crippen LogP contribution in [0.5, 0.6) is 11.5 Å². The molecule has 0 unspecified atom stereocenters. The Bertz CT molecular complexity index is 913. The van der Waals surface area contributed by atoms with Crippen LogP contribution in [0.15, 0.2) is 48.5 Å². The Morgan fingerprint density at radius 1 is 1.10 bits per heavy atom. The van der Waals surface area contributed by atoms with E-state index in [9.17, 15) is 13.2 Å². The molecule has 0 aromatic heterocycles. The van der Waals surface area contributed by atoms with Crippen molar-refractivity contribution in [1.29, 1.82) is 0 Å². The van der Waals surface area contributed by atoms with Gasteiger partial charge in [0.1, 0.15) is 18.0 Å². The maximum atomic E-state index is 12.3. The number of methoxy groups -OCH3 is 1. The molecule has 0 aliphatic carbocycles. The van der Waals surface area contributed by atoms with Crippen LogP contribution in [0.1, 0.15) is 25.3 Å². The number of carbonyl (C=O) groups is 1. The first kappa shape index (κ1) is 23.5. The number of nitrogens with zero attached hydrogens (tertiary/aromatic N) is 1. The summed E-state index contributed by atoms with van der Waals surface area (Å²) in [6, 6.07) is 14.4. The van der Waals surface area contributed by atoms with Crippen molar-refractivity contribution in [3.63, 3.8) is 0 Å². The van der Waals surface area contributed by atoms with E-state index in [4.69, 9.17) is 9.47 Å². The molecule has 1 amide bonds. The minimum absolute atomic E-state index is 0.275. The van der Waals surface area contributed by atoms with Crippen LogP contribution in [-0.4, -0.2) is 47.4 Å². The molecule has 0 atom stereocenters. The average Bonchev–Trinajstić information content (AvgIpc) is 2.73. The highest BCUT2D eigenvalue weighted by molar-refractivity contribution is 7.92. The fraction of sp³-hybridized carbons (Fsp3) is 0.409. The summed E-state index contributed by atoms with van der Waals surface area (Å²) in [5.74, 6) is 1.13. The Morgan fingerprint density at radius 3 is 2.43 bits per heavy atom. The lowest BCUT2D eigenvalue weighted by Crippen LogP contribution is -2.40. The molecule has 0 bridgehead atoms. The first-order valence-electron chi connectivity index (χ1n) is 9.94. The number of hydrogen-bond acceptors (Lipinski definition) is 5. The van der Waals surface area contributed by atoms with Gasteiger partial charge >= 0.3 is 0 Å². The SMILES string of the molecule is CCCOc1ccc(N(CC(=O)NCCCc2ccccc2OC)S(C)(=O)=O)cc1. The van der Waals surface area contributed by atoms with Gasteiger partial charge in [-0.2, -0.15) is 0 Å². The molecule has 0 saturated heterocycles. The Labute approximate surface area is 179 Å². The summed E-state index contributed by atoms with van der Waals surface area (Å²) < 4.78 is 36.4. The zero-order valence-electron chi connectivity index (χ0n) is 17.8. The first-order chi connectivity index (χ1) is 14.3. The third kappa shape index (κ3) is 7.26. The maximum Gasteiger partial charge on any atom is 0.240 e. The molecule has 0 saturated carbocycles. The zero-order valence-corrected chi connectivity index (χ0v) is 18.6. The Balaban J connectivity index is 1.91. The number of para-hydroxylation sites is 1. The number of rotatable bonds is 12. The quantitative estimate of drug-likeness (QED) is 0.519. The molecule has 2 aromatic carbocycles. The third-order valence-corrected chi connectivity index (χ3v) is 5.56. The van der Waals surface area contributed by atoms with Crippen molar-refractivity contribution in [3.05, 3.63) is 54.1 Å². The summed E-state index contributed by atoms with van der Waals surface area (Å²) in [5.41, 5.74) is 1.49. The van der Waals surface area contributed by atoms with E-state index in [0.717, 1.165) is 34.7 Å². The summed E-state index contributed by atoms with van der Waals surface area (Å²) in [7, 11) is -1.98. The second-order valence-electron chi connectivity index (χ2n) is 6.88. The van der Waals surface area contributed by atoms with Gasteiger partial charge in [-0.15, -0.1) is 0 Å². The van der Waals surface area contributed by atoms with Gasteiger partial charge in [-0.05, 0) is 55.2 Å². The number of aryl methyl sites for hydroxylation is 1. The van der Waals surface area contributed by atoms with Crippen LogP contribution in [0, 0.1) is 0 Å². The van der Waals surface area contributed by atoms with Gasteiger partial charge in [0, 0.05) is 6.54 Å². The van der Waals surface area contributed by atoms with Crippen molar-refractivity contribution in [3.8, 4) is 11.5 Å². The predicted octanol–water partition coefficient (Wildman–Crippen LogP) is 3.00. The van der Waals surface area contributed by atoms with Crippen LogP contribution in [0.2, 0.25) is 0 Å². The lowest BCUT2D eigenvalue weighted by molar-refractivity contribution is -0.119. The number of amides is 1. The van der Waals surface area contributed by atoms with Crippen molar-refractivity contribution in [2.75, 3.05) is 37.4 Å². The monoisotopic (exact) mass is 434 g/mol. The van der Waals surface area contributed by atoms with Crippen LogP contribution < -0.4 is 19.1 Å². The van der Waals surface area contributed by atoms with Crippen molar-refractivity contribution in [2.24, 2.45) is 0 Å². The Hall–Kier alpha value is -2.74. The molecule has 0 spiro atoms. The molecule has 7 nitrogen and oxygen atoms in total. The molecule has 0 fully saturated rings. The van der Waals surface area contributed by atoms with E-state index in [0.29, 0.717) is 31.0 Å². The van der Waals surface area contributed by atoms with Gasteiger partial charge < -0.3 is 14.8 Å². The molecular weight excluding hydrogens is 404 g/mol. The van der Waals surface area contributed by atoms with E-state index in [-0.39, 0.29) is 12.5 Å². The first-order valence-corrected chi connectivity index (χ1v) is 11.8. The average molecular weight is 435 g/mol. The van der Waals surface area contributed by atoms with Gasteiger partial charge in [0.2, 0.25) is 15.9 Å². The standard InChI is InChI=1S/C22H30N2O5S/c1-4-16-29-20-13-11-19(12-14-20)24(30(3,26)27)17-22(25)23-15-7-9-18-8-5-6-10-21(18)28-2/h5-6,8,10-14H,4,7,9,15-17H2,1-3H3,(H,23,25). The van der Waals surface area contributed by atoms with Gasteiger partial charge in [0.15, 0.2) is 0 Å². The van der Waals surface area contributed by atoms with Crippen molar-refractivity contribution in [1.82, 2.24) is 5.32 Å². The van der Waals surface area contributed by atoms with Gasteiger partial charge in [0.25, 0.3) is 0 Å². The molecule has 30 heavy (non-hydrogen) atoms. The molecule has 2 rings (SSSR count). The highest BCUT2D eigenvalue weighted by atomic mass is 32.2. The van der Waals surface area contributed by atoms with Crippen molar-refractivity contribution >= 4 is 21.6 Å². The number of hydrogen-bond donors (Lipinski definition) is 1. The van der Waals surface area contributed by atoms with Gasteiger partial charge in [0.05, 0.1) is 25.7 Å². The summed E-state index contributed by atoms with van der Waals surface area (Å²) in [6.45, 7) is 2.77. The van der Waals surface area contributed by atoms with Crippen LogP contribution in [-0.2, 0) is 21.2 Å². The number of sulfonamides is 1. The fourth-order valence-corrected chi connectivity index (χ4v) is 3.79. The molecule has 2 aromatic rings. The molecule has 0 aliphatic rings. The normalized spacial score (nSPS) is 11.0. The van der Waals surface area contributed by atoms with Crippen LogP contribution in [0.4, 0.5) is 5.69 Å². The molecule has 8 heteroatoms. The minimum atomic E-state index is -3.61.